The van der Waals surface area contributed by atoms with Crippen LogP contribution in [0.15, 0.2) is 12.1 Å². The van der Waals surface area contributed by atoms with Crippen LogP contribution in [0.3, 0.4) is 0 Å². The van der Waals surface area contributed by atoms with E-state index in [1.807, 2.05) is 13.0 Å². The van der Waals surface area contributed by atoms with Crippen LogP contribution in [0.1, 0.15) is 30.9 Å². The van der Waals surface area contributed by atoms with Gasteiger partial charge in [-0.25, -0.2) is 0 Å². The van der Waals surface area contributed by atoms with Gasteiger partial charge in [0, 0.05) is 18.0 Å². The molecule has 4 nitrogen and oxygen atoms in total. The maximum absolute atomic E-state index is 11.4. The Morgan fingerprint density at radius 3 is 3.00 bits per heavy atom. The summed E-state index contributed by atoms with van der Waals surface area (Å²) in [6.07, 6.45) is 2.92. The fraction of sp³-hybridized carbons (Fsp3) is 0.500. The van der Waals surface area contributed by atoms with E-state index in [9.17, 15) is 9.90 Å². The Balaban J connectivity index is 2.16. The molecule has 0 bridgehead atoms. The molecule has 2 N–H and O–H groups in total. The first-order valence-electron chi connectivity index (χ1n) is 6.32. The maximum atomic E-state index is 11.4. The first-order chi connectivity index (χ1) is 8.65. The summed E-state index contributed by atoms with van der Waals surface area (Å²) >= 11 is 0. The molecule has 1 aromatic carbocycles. The number of phenols is 1. The Hall–Kier alpha value is -1.71. The van der Waals surface area contributed by atoms with Gasteiger partial charge < -0.3 is 15.2 Å². The van der Waals surface area contributed by atoms with Crippen molar-refractivity contribution in [2.75, 3.05) is 7.11 Å². The number of rotatable bonds is 3. The van der Waals surface area contributed by atoms with Crippen molar-refractivity contribution in [1.29, 1.82) is 0 Å². The first kappa shape index (κ1) is 12.7. The van der Waals surface area contributed by atoms with Crippen molar-refractivity contribution < 1.29 is 14.6 Å². The molecule has 1 amide bonds. The molecule has 1 aromatic rings. The molecule has 0 spiro atoms. The van der Waals surface area contributed by atoms with E-state index >= 15 is 0 Å². The summed E-state index contributed by atoms with van der Waals surface area (Å²) in [5, 5.41) is 13.0. The Morgan fingerprint density at radius 1 is 1.56 bits per heavy atom. The Bertz CT molecular complexity index is 457. The van der Waals surface area contributed by atoms with Crippen LogP contribution in [0.25, 0.3) is 0 Å². The standard InChI is InChI=1S/C14H19NO3/c1-3-13(16)15-10-5-6-11-9(8-10)4-7-12(18-2)14(11)17/h4,7,10,17H,3,5-6,8H2,1-2H3,(H,15,16). The summed E-state index contributed by atoms with van der Waals surface area (Å²) in [5.74, 6) is 0.848. The molecule has 4 heteroatoms. The second-order valence-electron chi connectivity index (χ2n) is 4.61. The number of nitrogens with one attached hydrogen (secondary N) is 1. The predicted octanol–water partition coefficient (Wildman–Crippen LogP) is 1.78. The molecule has 1 unspecified atom stereocenters. The molecule has 1 aliphatic carbocycles. The van der Waals surface area contributed by atoms with E-state index in [-0.39, 0.29) is 17.7 Å². The van der Waals surface area contributed by atoms with Gasteiger partial charge in [-0.05, 0) is 30.9 Å². The Kier molecular flexibility index (Phi) is 3.75. The molecule has 0 aliphatic heterocycles. The van der Waals surface area contributed by atoms with Crippen LogP contribution in [0.5, 0.6) is 11.5 Å². The smallest absolute Gasteiger partial charge is 0.219 e. The Labute approximate surface area is 107 Å². The second-order valence-corrected chi connectivity index (χ2v) is 4.61. The largest absolute Gasteiger partial charge is 0.504 e. The van der Waals surface area contributed by atoms with Crippen molar-refractivity contribution in [3.8, 4) is 11.5 Å². The molecule has 0 fully saturated rings. The average molecular weight is 249 g/mol. The highest BCUT2D eigenvalue weighted by Crippen LogP contribution is 2.36. The van der Waals surface area contributed by atoms with Crippen molar-refractivity contribution in [3.05, 3.63) is 23.3 Å². The quantitative estimate of drug-likeness (QED) is 0.858. The lowest BCUT2D eigenvalue weighted by Gasteiger charge is -2.26. The molecule has 0 radical (unpaired) electrons. The molecule has 1 atom stereocenters. The number of amides is 1. The lowest BCUT2D eigenvalue weighted by molar-refractivity contribution is -0.121. The zero-order valence-electron chi connectivity index (χ0n) is 10.8. The highest BCUT2D eigenvalue weighted by Gasteiger charge is 2.23. The van der Waals surface area contributed by atoms with Crippen molar-refractivity contribution in [3.63, 3.8) is 0 Å². The molecule has 18 heavy (non-hydrogen) atoms. The van der Waals surface area contributed by atoms with Gasteiger partial charge >= 0.3 is 0 Å². The summed E-state index contributed by atoms with van der Waals surface area (Å²) in [6.45, 7) is 1.85. The highest BCUT2D eigenvalue weighted by molar-refractivity contribution is 5.76. The topological polar surface area (TPSA) is 58.6 Å². The number of fused-ring (bicyclic) bond motifs is 1. The molecular formula is C14H19NO3. The van der Waals surface area contributed by atoms with Crippen molar-refractivity contribution in [1.82, 2.24) is 5.32 Å². The number of benzene rings is 1. The van der Waals surface area contributed by atoms with E-state index in [2.05, 4.69) is 5.32 Å². The van der Waals surface area contributed by atoms with E-state index in [0.29, 0.717) is 12.2 Å². The van der Waals surface area contributed by atoms with Crippen molar-refractivity contribution in [2.45, 2.75) is 38.6 Å². The lowest BCUT2D eigenvalue weighted by Crippen LogP contribution is -2.38. The van der Waals surface area contributed by atoms with Crippen LogP contribution in [0.4, 0.5) is 0 Å². The van der Waals surface area contributed by atoms with Gasteiger partial charge in [-0.15, -0.1) is 0 Å². The van der Waals surface area contributed by atoms with Gasteiger partial charge in [-0.2, -0.15) is 0 Å². The van der Waals surface area contributed by atoms with E-state index in [4.69, 9.17) is 4.74 Å². The molecule has 98 valence electrons. The highest BCUT2D eigenvalue weighted by atomic mass is 16.5. The fourth-order valence-electron chi connectivity index (χ4n) is 2.43. The number of ether oxygens (including phenoxy) is 1. The minimum absolute atomic E-state index is 0.0844. The zero-order valence-corrected chi connectivity index (χ0v) is 10.8. The number of aromatic hydroxyl groups is 1. The van der Waals surface area contributed by atoms with Crippen LogP contribution in [0.2, 0.25) is 0 Å². The SMILES string of the molecule is CCC(=O)NC1CCc2c(ccc(OC)c2O)C1. The lowest BCUT2D eigenvalue weighted by atomic mass is 9.87. The summed E-state index contributed by atoms with van der Waals surface area (Å²) in [6, 6.07) is 3.92. The van der Waals surface area contributed by atoms with Crippen LogP contribution < -0.4 is 10.1 Å². The van der Waals surface area contributed by atoms with Crippen LogP contribution in [-0.2, 0) is 17.6 Å². The summed E-state index contributed by atoms with van der Waals surface area (Å²) < 4.78 is 5.10. The number of hydrogen-bond acceptors (Lipinski definition) is 3. The van der Waals surface area contributed by atoms with Crippen LogP contribution >= 0.6 is 0 Å². The third-order valence-corrected chi connectivity index (χ3v) is 3.46. The average Bonchev–Trinajstić information content (AvgIpc) is 2.39. The number of hydrogen-bond donors (Lipinski definition) is 2. The van der Waals surface area contributed by atoms with Gasteiger partial charge in [-0.3, -0.25) is 4.79 Å². The van der Waals surface area contributed by atoms with Gasteiger partial charge in [0.25, 0.3) is 0 Å². The third kappa shape index (κ3) is 2.42. The molecule has 0 saturated carbocycles. The Morgan fingerprint density at radius 2 is 2.33 bits per heavy atom. The number of methoxy groups -OCH3 is 1. The third-order valence-electron chi connectivity index (χ3n) is 3.46. The van der Waals surface area contributed by atoms with Gasteiger partial charge in [0.05, 0.1) is 7.11 Å². The molecule has 0 heterocycles. The summed E-state index contributed by atoms with van der Waals surface area (Å²) in [4.78, 5) is 11.4. The zero-order chi connectivity index (χ0) is 13.1. The monoisotopic (exact) mass is 249 g/mol. The van der Waals surface area contributed by atoms with Crippen molar-refractivity contribution in [2.24, 2.45) is 0 Å². The second kappa shape index (κ2) is 5.29. The molecule has 2 rings (SSSR count). The molecule has 0 saturated heterocycles. The normalized spacial score (nSPS) is 18.0. The van der Waals surface area contributed by atoms with E-state index in [1.54, 1.807) is 13.2 Å². The van der Waals surface area contributed by atoms with Gasteiger partial charge in [0.15, 0.2) is 11.5 Å². The molecule has 1 aliphatic rings. The van der Waals surface area contributed by atoms with E-state index in [1.165, 1.54) is 0 Å². The maximum Gasteiger partial charge on any atom is 0.219 e. The fourth-order valence-corrected chi connectivity index (χ4v) is 2.43. The summed E-state index contributed by atoms with van der Waals surface area (Å²) in [7, 11) is 1.55. The van der Waals surface area contributed by atoms with Crippen molar-refractivity contribution >= 4 is 5.91 Å². The number of carbonyl (C=O) groups excluding carboxylic acids is 1. The minimum Gasteiger partial charge on any atom is -0.504 e. The van der Waals surface area contributed by atoms with Gasteiger partial charge in [0.1, 0.15) is 0 Å². The van der Waals surface area contributed by atoms with Gasteiger partial charge in [-0.1, -0.05) is 13.0 Å². The molecule has 0 aromatic heterocycles. The van der Waals surface area contributed by atoms with E-state index < -0.39 is 0 Å². The number of carbonyl (C=O) groups is 1. The number of phenolic OH excluding ortho intramolecular Hbond substituents is 1. The van der Waals surface area contributed by atoms with Crippen LogP contribution in [0, 0.1) is 0 Å². The van der Waals surface area contributed by atoms with E-state index in [0.717, 1.165) is 30.4 Å². The summed E-state index contributed by atoms with van der Waals surface area (Å²) in [5.41, 5.74) is 2.05. The van der Waals surface area contributed by atoms with Gasteiger partial charge in [0.2, 0.25) is 5.91 Å². The predicted molar refractivity (Wildman–Crippen MR) is 68.9 cm³/mol. The first-order valence-corrected chi connectivity index (χ1v) is 6.32. The van der Waals surface area contributed by atoms with Crippen LogP contribution in [-0.4, -0.2) is 24.2 Å². The molecular weight excluding hydrogens is 230 g/mol. The minimum atomic E-state index is 0.0844.